The van der Waals surface area contributed by atoms with E-state index in [1.807, 2.05) is 37.4 Å². The van der Waals surface area contributed by atoms with Crippen molar-refractivity contribution in [3.63, 3.8) is 0 Å². The molecular weight excluding hydrogens is 246 g/mol. The van der Waals surface area contributed by atoms with Gasteiger partial charge in [0.05, 0.1) is 12.1 Å². The third-order valence-corrected chi connectivity index (χ3v) is 3.34. The Kier molecular flexibility index (Phi) is 2.85. The largest absolute Gasteiger partial charge is 0.346 e. The van der Waals surface area contributed by atoms with Crippen LogP contribution in [0.2, 0.25) is 0 Å². The zero-order chi connectivity index (χ0) is 12.4. The van der Waals surface area contributed by atoms with Gasteiger partial charge in [-0.15, -0.1) is 21.5 Å². The van der Waals surface area contributed by atoms with Crippen molar-refractivity contribution in [1.29, 1.82) is 0 Å². The molecule has 18 heavy (non-hydrogen) atoms. The summed E-state index contributed by atoms with van der Waals surface area (Å²) in [6.45, 7) is 2.66. The number of aryl methyl sites for hydroxylation is 1. The number of hydrogen-bond donors (Lipinski definition) is 1. The number of aromatic nitrogens is 4. The van der Waals surface area contributed by atoms with Gasteiger partial charge in [-0.3, -0.25) is 0 Å². The summed E-state index contributed by atoms with van der Waals surface area (Å²) in [7, 11) is 0. The number of rotatable bonds is 3. The first-order valence-electron chi connectivity index (χ1n) is 5.56. The summed E-state index contributed by atoms with van der Waals surface area (Å²) < 4.78 is 0. The first kappa shape index (κ1) is 11.0. The molecule has 0 saturated carbocycles. The Labute approximate surface area is 108 Å². The van der Waals surface area contributed by atoms with Gasteiger partial charge in [0.2, 0.25) is 5.95 Å². The minimum atomic E-state index is 0.529. The van der Waals surface area contributed by atoms with Gasteiger partial charge < -0.3 is 5.32 Å². The van der Waals surface area contributed by atoms with Crippen molar-refractivity contribution < 1.29 is 0 Å². The molecule has 0 fully saturated rings. The van der Waals surface area contributed by atoms with Crippen LogP contribution in [0.5, 0.6) is 0 Å². The summed E-state index contributed by atoms with van der Waals surface area (Å²) >= 11 is 1.66. The van der Waals surface area contributed by atoms with Crippen LogP contribution in [0.1, 0.15) is 9.88 Å². The van der Waals surface area contributed by atoms with Gasteiger partial charge in [-0.2, -0.15) is 0 Å². The highest BCUT2D eigenvalue weighted by molar-refractivity contribution is 7.11. The van der Waals surface area contributed by atoms with E-state index in [1.54, 1.807) is 11.3 Å². The van der Waals surface area contributed by atoms with Gasteiger partial charge in [-0.05, 0) is 19.1 Å². The number of benzene rings is 1. The molecule has 0 unspecified atom stereocenters. The topological polar surface area (TPSA) is 63.6 Å². The molecule has 0 aliphatic rings. The zero-order valence-corrected chi connectivity index (χ0v) is 10.6. The number of hydrogen-bond acceptors (Lipinski definition) is 6. The summed E-state index contributed by atoms with van der Waals surface area (Å²) in [6, 6.07) is 7.67. The number of anilines is 1. The summed E-state index contributed by atoms with van der Waals surface area (Å²) in [5.74, 6) is 0.529. The quantitative estimate of drug-likeness (QED) is 0.780. The second kappa shape index (κ2) is 4.66. The molecule has 90 valence electrons. The molecule has 2 aromatic heterocycles. The van der Waals surface area contributed by atoms with Gasteiger partial charge in [0.25, 0.3) is 0 Å². The van der Waals surface area contributed by atoms with Gasteiger partial charge in [0.15, 0.2) is 0 Å². The summed E-state index contributed by atoms with van der Waals surface area (Å²) in [5, 5.41) is 12.3. The molecule has 6 heteroatoms. The predicted molar refractivity (Wildman–Crippen MR) is 71.5 cm³/mol. The average molecular weight is 257 g/mol. The number of nitrogens with zero attached hydrogens (tertiary/aromatic N) is 4. The molecule has 0 atom stereocenters. The van der Waals surface area contributed by atoms with Crippen LogP contribution in [0.15, 0.2) is 30.5 Å². The lowest BCUT2D eigenvalue weighted by molar-refractivity contribution is 0.977. The normalized spacial score (nSPS) is 10.7. The van der Waals surface area contributed by atoms with E-state index in [4.69, 9.17) is 0 Å². The monoisotopic (exact) mass is 257 g/mol. The molecule has 2 heterocycles. The van der Waals surface area contributed by atoms with Crippen molar-refractivity contribution in [2.45, 2.75) is 13.5 Å². The third kappa shape index (κ3) is 2.28. The highest BCUT2D eigenvalue weighted by Gasteiger charge is 2.02. The SMILES string of the molecule is Cc1cnc(CNc2nnc3ccccc3n2)s1. The molecule has 0 bridgehead atoms. The van der Waals surface area contributed by atoms with Crippen LogP contribution in [0.3, 0.4) is 0 Å². The van der Waals surface area contributed by atoms with E-state index in [0.717, 1.165) is 16.0 Å². The molecule has 0 saturated heterocycles. The van der Waals surface area contributed by atoms with E-state index in [2.05, 4.69) is 25.5 Å². The Morgan fingerprint density at radius 2 is 2.00 bits per heavy atom. The summed E-state index contributed by atoms with van der Waals surface area (Å²) in [6.07, 6.45) is 1.86. The predicted octanol–water partition coefficient (Wildman–Crippen LogP) is 2.40. The fourth-order valence-corrected chi connectivity index (χ4v) is 2.32. The summed E-state index contributed by atoms with van der Waals surface area (Å²) in [5.41, 5.74) is 1.64. The Hall–Kier alpha value is -2.08. The summed E-state index contributed by atoms with van der Waals surface area (Å²) in [4.78, 5) is 9.86. The standard InChI is InChI=1S/C12H11N5S/c1-8-6-13-11(18-8)7-14-12-15-9-4-2-3-5-10(9)16-17-12/h2-6H,7H2,1H3,(H,14,15,17). The van der Waals surface area contributed by atoms with Crippen LogP contribution in [0.25, 0.3) is 11.0 Å². The van der Waals surface area contributed by atoms with Crippen molar-refractivity contribution in [3.05, 3.63) is 40.3 Å². The lowest BCUT2D eigenvalue weighted by Gasteiger charge is -2.02. The Bertz CT molecular complexity index is 679. The van der Waals surface area contributed by atoms with Gasteiger partial charge in [0, 0.05) is 11.1 Å². The van der Waals surface area contributed by atoms with Gasteiger partial charge in [-0.25, -0.2) is 9.97 Å². The molecule has 0 aliphatic carbocycles. The van der Waals surface area contributed by atoms with E-state index in [1.165, 1.54) is 4.88 Å². The Morgan fingerprint density at radius 1 is 1.17 bits per heavy atom. The molecule has 3 aromatic rings. The van der Waals surface area contributed by atoms with Crippen molar-refractivity contribution in [2.24, 2.45) is 0 Å². The average Bonchev–Trinajstić information content (AvgIpc) is 2.82. The Morgan fingerprint density at radius 3 is 2.78 bits per heavy atom. The third-order valence-electron chi connectivity index (χ3n) is 2.43. The molecular formula is C12H11N5S. The smallest absolute Gasteiger partial charge is 0.243 e. The number of thiazole rings is 1. The number of nitrogens with one attached hydrogen (secondary N) is 1. The van der Waals surface area contributed by atoms with Crippen LogP contribution in [-0.2, 0) is 6.54 Å². The molecule has 0 spiro atoms. The minimum absolute atomic E-state index is 0.529. The van der Waals surface area contributed by atoms with Crippen molar-refractivity contribution in [3.8, 4) is 0 Å². The maximum absolute atomic E-state index is 4.39. The van der Waals surface area contributed by atoms with Crippen LogP contribution >= 0.6 is 11.3 Å². The first-order chi connectivity index (χ1) is 8.81. The molecule has 3 rings (SSSR count). The second-order valence-corrected chi connectivity index (χ2v) is 5.16. The van der Waals surface area contributed by atoms with Crippen molar-refractivity contribution in [2.75, 3.05) is 5.32 Å². The number of fused-ring (bicyclic) bond motifs is 1. The van der Waals surface area contributed by atoms with Crippen molar-refractivity contribution >= 4 is 28.3 Å². The molecule has 1 N–H and O–H groups in total. The molecule has 0 aliphatic heterocycles. The van der Waals surface area contributed by atoms with E-state index >= 15 is 0 Å². The highest BCUT2D eigenvalue weighted by Crippen LogP contribution is 2.13. The van der Waals surface area contributed by atoms with Crippen LogP contribution in [0.4, 0.5) is 5.95 Å². The Balaban J connectivity index is 1.78. The van der Waals surface area contributed by atoms with Gasteiger partial charge >= 0.3 is 0 Å². The van der Waals surface area contributed by atoms with E-state index in [-0.39, 0.29) is 0 Å². The fourth-order valence-electron chi connectivity index (χ4n) is 1.59. The van der Waals surface area contributed by atoms with Crippen LogP contribution in [-0.4, -0.2) is 20.2 Å². The van der Waals surface area contributed by atoms with Gasteiger partial charge in [0.1, 0.15) is 10.5 Å². The first-order valence-corrected chi connectivity index (χ1v) is 6.37. The molecule has 5 nitrogen and oxygen atoms in total. The van der Waals surface area contributed by atoms with Crippen molar-refractivity contribution in [1.82, 2.24) is 20.2 Å². The van der Waals surface area contributed by atoms with E-state index < -0.39 is 0 Å². The highest BCUT2D eigenvalue weighted by atomic mass is 32.1. The minimum Gasteiger partial charge on any atom is -0.346 e. The number of para-hydroxylation sites is 1. The second-order valence-electron chi connectivity index (χ2n) is 3.84. The maximum Gasteiger partial charge on any atom is 0.243 e. The van der Waals surface area contributed by atoms with Crippen LogP contribution < -0.4 is 5.32 Å². The molecule has 0 amide bonds. The fraction of sp³-hybridized carbons (Fsp3) is 0.167. The molecule has 1 aromatic carbocycles. The van der Waals surface area contributed by atoms with Gasteiger partial charge in [-0.1, -0.05) is 12.1 Å². The zero-order valence-electron chi connectivity index (χ0n) is 9.79. The van der Waals surface area contributed by atoms with E-state index in [9.17, 15) is 0 Å². The maximum atomic E-state index is 4.39. The molecule has 0 radical (unpaired) electrons. The van der Waals surface area contributed by atoms with E-state index in [0.29, 0.717) is 12.5 Å². The van der Waals surface area contributed by atoms with Crippen LogP contribution in [0, 0.1) is 6.92 Å². The lowest BCUT2D eigenvalue weighted by atomic mass is 10.3. The lowest BCUT2D eigenvalue weighted by Crippen LogP contribution is -2.04.